The molecule has 31 heavy (non-hydrogen) atoms. The van der Waals surface area contributed by atoms with Crippen molar-refractivity contribution in [2.75, 3.05) is 13.7 Å². The van der Waals surface area contributed by atoms with Crippen LogP contribution in [0.5, 0.6) is 5.75 Å². The maximum absolute atomic E-state index is 13.1. The Hall–Kier alpha value is -3.32. The highest BCUT2D eigenvalue weighted by atomic mass is 35.5. The third-order valence-electron chi connectivity index (χ3n) is 5.22. The first-order valence-corrected chi connectivity index (χ1v) is 10.4. The highest BCUT2D eigenvalue weighted by molar-refractivity contribution is 6.30. The van der Waals surface area contributed by atoms with Crippen LogP contribution in [0.1, 0.15) is 38.5 Å². The summed E-state index contributed by atoms with van der Waals surface area (Å²) >= 11 is 5.95. The number of halogens is 1. The van der Waals surface area contributed by atoms with Crippen molar-refractivity contribution < 1.29 is 14.3 Å². The van der Waals surface area contributed by atoms with E-state index in [1.165, 1.54) is 0 Å². The summed E-state index contributed by atoms with van der Waals surface area (Å²) in [4.78, 5) is 27.5. The molecule has 0 saturated heterocycles. The summed E-state index contributed by atoms with van der Waals surface area (Å²) in [5.74, 6) is 0.317. The van der Waals surface area contributed by atoms with Crippen LogP contribution in [-0.4, -0.2) is 40.1 Å². The average Bonchev–Trinajstić information content (AvgIpc) is 3.16. The summed E-state index contributed by atoms with van der Waals surface area (Å²) in [6.45, 7) is 2.07. The van der Waals surface area contributed by atoms with Crippen LogP contribution in [-0.2, 0) is 19.6 Å². The molecule has 1 aliphatic rings. The second-order valence-corrected chi connectivity index (χ2v) is 7.81. The molecule has 0 unspecified atom stereocenters. The zero-order chi connectivity index (χ0) is 21.8. The van der Waals surface area contributed by atoms with E-state index in [9.17, 15) is 9.59 Å². The quantitative estimate of drug-likeness (QED) is 0.638. The number of methoxy groups -OCH3 is 1. The number of ether oxygens (including phenoxy) is 1. The molecule has 0 saturated carbocycles. The predicted molar refractivity (Wildman–Crippen MR) is 117 cm³/mol. The minimum atomic E-state index is -0.312. The van der Waals surface area contributed by atoms with Gasteiger partial charge in [0.1, 0.15) is 11.4 Å². The van der Waals surface area contributed by atoms with E-state index in [0.717, 1.165) is 23.3 Å². The lowest BCUT2D eigenvalue weighted by Gasteiger charge is -2.20. The molecule has 0 radical (unpaired) electrons. The second-order valence-electron chi connectivity index (χ2n) is 7.38. The fourth-order valence-electron chi connectivity index (χ4n) is 3.52. The highest BCUT2D eigenvalue weighted by Crippen LogP contribution is 2.18. The molecule has 2 heterocycles. The van der Waals surface area contributed by atoms with Gasteiger partial charge in [-0.05, 0) is 41.8 Å². The Bertz CT molecular complexity index is 1080. The van der Waals surface area contributed by atoms with Gasteiger partial charge in [-0.2, -0.15) is 5.10 Å². The average molecular weight is 439 g/mol. The number of carbonyl (C=O) groups is 2. The van der Waals surface area contributed by atoms with Gasteiger partial charge >= 0.3 is 0 Å². The number of fused-ring (bicyclic) bond motifs is 1. The molecule has 0 atom stereocenters. The Labute approximate surface area is 185 Å². The summed E-state index contributed by atoms with van der Waals surface area (Å²) in [7, 11) is 1.61. The normalized spacial score (nSPS) is 13.5. The number of carbonyl (C=O) groups excluding carboxylic acids is 2. The minimum Gasteiger partial charge on any atom is -0.497 e. The van der Waals surface area contributed by atoms with E-state index in [1.807, 2.05) is 48.5 Å². The molecule has 4 rings (SSSR count). The first-order valence-electron chi connectivity index (χ1n) is 10.1. The van der Waals surface area contributed by atoms with Crippen molar-refractivity contribution in [1.29, 1.82) is 0 Å². The number of aromatic nitrogens is 2. The Balaban J connectivity index is 1.44. The molecule has 0 fully saturated rings. The molecule has 0 spiro atoms. The van der Waals surface area contributed by atoms with Crippen LogP contribution in [0.25, 0.3) is 0 Å². The van der Waals surface area contributed by atoms with Crippen LogP contribution in [0.4, 0.5) is 0 Å². The van der Waals surface area contributed by atoms with E-state index in [-0.39, 0.29) is 17.5 Å². The van der Waals surface area contributed by atoms with E-state index in [1.54, 1.807) is 22.8 Å². The predicted octanol–water partition coefficient (Wildman–Crippen LogP) is 3.52. The van der Waals surface area contributed by atoms with Crippen LogP contribution in [0.15, 0.2) is 54.6 Å². The number of nitrogens with one attached hydrogen (secondary N) is 1. The SMILES string of the molecule is COc1ccc(CNC(=O)c2cc3n(n2)CCCN(Cc2ccc(Cl)cc2)C3=O)cc1. The number of hydrogen-bond donors (Lipinski definition) is 1. The van der Waals surface area contributed by atoms with Gasteiger partial charge in [-0.25, -0.2) is 0 Å². The molecule has 1 aliphatic heterocycles. The van der Waals surface area contributed by atoms with Crippen molar-refractivity contribution >= 4 is 23.4 Å². The first-order chi connectivity index (χ1) is 15.0. The van der Waals surface area contributed by atoms with Crippen LogP contribution in [0.3, 0.4) is 0 Å². The zero-order valence-electron chi connectivity index (χ0n) is 17.2. The van der Waals surface area contributed by atoms with Crippen LogP contribution >= 0.6 is 11.6 Å². The van der Waals surface area contributed by atoms with Crippen LogP contribution < -0.4 is 10.1 Å². The van der Waals surface area contributed by atoms with Gasteiger partial charge in [-0.15, -0.1) is 0 Å². The van der Waals surface area contributed by atoms with Crippen molar-refractivity contribution in [1.82, 2.24) is 20.0 Å². The molecule has 0 bridgehead atoms. The lowest BCUT2D eigenvalue weighted by molar-refractivity contribution is 0.0745. The Morgan fingerprint density at radius 2 is 1.81 bits per heavy atom. The fourth-order valence-corrected chi connectivity index (χ4v) is 3.65. The number of nitrogens with zero attached hydrogens (tertiary/aromatic N) is 3. The topological polar surface area (TPSA) is 76.5 Å². The summed E-state index contributed by atoms with van der Waals surface area (Å²) in [6.07, 6.45) is 0.765. The fraction of sp³-hybridized carbons (Fsp3) is 0.261. The lowest BCUT2D eigenvalue weighted by atomic mass is 10.2. The van der Waals surface area contributed by atoms with Crippen LogP contribution in [0.2, 0.25) is 5.02 Å². The molecule has 7 nitrogen and oxygen atoms in total. The lowest BCUT2D eigenvalue weighted by Crippen LogP contribution is -2.30. The van der Waals surface area contributed by atoms with Gasteiger partial charge in [0.25, 0.3) is 11.8 Å². The third-order valence-corrected chi connectivity index (χ3v) is 5.47. The number of hydrogen-bond acceptors (Lipinski definition) is 4. The molecule has 3 aromatic rings. The molecule has 2 aromatic carbocycles. The summed E-state index contributed by atoms with van der Waals surface area (Å²) < 4.78 is 6.77. The molecule has 1 aromatic heterocycles. The largest absolute Gasteiger partial charge is 0.497 e. The van der Waals surface area contributed by atoms with Gasteiger partial charge in [-0.3, -0.25) is 14.3 Å². The molecular weight excluding hydrogens is 416 g/mol. The second kappa shape index (κ2) is 9.22. The molecule has 160 valence electrons. The maximum Gasteiger partial charge on any atom is 0.272 e. The van der Waals surface area contributed by atoms with Crippen molar-refractivity contribution in [3.63, 3.8) is 0 Å². The smallest absolute Gasteiger partial charge is 0.272 e. The number of benzene rings is 2. The standard InChI is InChI=1S/C23H23ClN4O3/c1-31-19-9-5-16(6-10-19)14-25-22(29)20-13-21-23(30)27(11-2-12-28(21)26-20)15-17-3-7-18(24)8-4-17/h3-10,13H,2,11-12,14-15H2,1H3,(H,25,29). The summed E-state index contributed by atoms with van der Waals surface area (Å²) in [5.41, 5.74) is 2.62. The first kappa shape index (κ1) is 20.9. The summed E-state index contributed by atoms with van der Waals surface area (Å²) in [5, 5.41) is 7.89. The van der Waals surface area contributed by atoms with Crippen molar-refractivity contribution in [2.24, 2.45) is 0 Å². The maximum atomic E-state index is 13.1. The van der Waals surface area contributed by atoms with Gasteiger partial charge in [0, 0.05) is 37.3 Å². The Morgan fingerprint density at radius 1 is 1.10 bits per heavy atom. The van der Waals surface area contributed by atoms with Gasteiger partial charge in [0.2, 0.25) is 0 Å². The van der Waals surface area contributed by atoms with Crippen molar-refractivity contribution in [2.45, 2.75) is 26.1 Å². The summed E-state index contributed by atoms with van der Waals surface area (Å²) in [6, 6.07) is 16.5. The minimum absolute atomic E-state index is 0.130. The van der Waals surface area contributed by atoms with Gasteiger partial charge in [0.05, 0.1) is 7.11 Å². The van der Waals surface area contributed by atoms with E-state index >= 15 is 0 Å². The van der Waals surface area contributed by atoms with E-state index in [4.69, 9.17) is 16.3 Å². The van der Waals surface area contributed by atoms with Gasteiger partial charge in [-0.1, -0.05) is 35.9 Å². The van der Waals surface area contributed by atoms with Gasteiger partial charge in [0.15, 0.2) is 5.69 Å². The number of amides is 2. The highest BCUT2D eigenvalue weighted by Gasteiger charge is 2.26. The Kier molecular flexibility index (Phi) is 6.23. The molecule has 1 N–H and O–H groups in total. The van der Waals surface area contributed by atoms with Crippen molar-refractivity contribution in [3.8, 4) is 5.75 Å². The number of rotatable bonds is 6. The molecular formula is C23H23ClN4O3. The number of aryl methyl sites for hydroxylation is 1. The van der Waals surface area contributed by atoms with Crippen molar-refractivity contribution in [3.05, 3.63) is 82.1 Å². The monoisotopic (exact) mass is 438 g/mol. The molecule has 2 amide bonds. The third kappa shape index (κ3) is 4.88. The van der Waals surface area contributed by atoms with E-state index < -0.39 is 0 Å². The zero-order valence-corrected chi connectivity index (χ0v) is 17.9. The van der Waals surface area contributed by atoms with Gasteiger partial charge < -0.3 is 15.0 Å². The van der Waals surface area contributed by atoms with Crippen LogP contribution in [0, 0.1) is 0 Å². The Morgan fingerprint density at radius 3 is 2.52 bits per heavy atom. The molecule has 8 heteroatoms. The van der Waals surface area contributed by atoms with E-state index in [2.05, 4.69) is 10.4 Å². The van der Waals surface area contributed by atoms with E-state index in [0.29, 0.717) is 36.9 Å². The molecule has 0 aliphatic carbocycles.